The molecule has 2 saturated heterocycles. The first-order valence-electron chi connectivity index (χ1n) is 8.98. The predicted molar refractivity (Wildman–Crippen MR) is 108 cm³/mol. The molecule has 0 radical (unpaired) electrons. The molecule has 2 aliphatic rings. The predicted octanol–water partition coefficient (Wildman–Crippen LogP) is 2.17. The highest BCUT2D eigenvalue weighted by atomic mass is 32.2. The van der Waals surface area contributed by atoms with Crippen molar-refractivity contribution in [3.8, 4) is 0 Å². The highest BCUT2D eigenvalue weighted by Crippen LogP contribution is 2.32. The van der Waals surface area contributed by atoms with Crippen molar-refractivity contribution in [2.24, 2.45) is 0 Å². The molecule has 0 N–H and O–H groups in total. The zero-order valence-electron chi connectivity index (χ0n) is 15.5. The van der Waals surface area contributed by atoms with Crippen LogP contribution in [0.25, 0.3) is 6.08 Å². The lowest BCUT2D eigenvalue weighted by Gasteiger charge is -2.34. The van der Waals surface area contributed by atoms with Crippen LogP contribution >= 0.6 is 24.0 Å². The molecule has 0 atom stereocenters. The molecule has 0 aliphatic carbocycles. The third kappa shape index (κ3) is 4.74. The van der Waals surface area contributed by atoms with Crippen molar-refractivity contribution in [2.45, 2.75) is 13.3 Å². The maximum atomic E-state index is 12.5. The minimum absolute atomic E-state index is 0.0624. The lowest BCUT2D eigenvalue weighted by atomic mass is 10.2. The van der Waals surface area contributed by atoms with Crippen LogP contribution in [0.1, 0.15) is 19.1 Å². The fraction of sp³-hybridized carbons (Fsp3) is 0.444. The first-order chi connectivity index (χ1) is 13.5. The second kappa shape index (κ2) is 9.24. The molecule has 28 heavy (non-hydrogen) atoms. The number of ether oxygens (including phenoxy) is 1. The average Bonchev–Trinajstić information content (AvgIpc) is 3.29. The van der Waals surface area contributed by atoms with Crippen LogP contribution in [-0.4, -0.2) is 76.3 Å². The molecular weight excluding hydrogens is 402 g/mol. The molecule has 1 aromatic rings. The number of carbonyl (C=O) groups is 3. The molecule has 2 fully saturated rings. The third-order valence-corrected chi connectivity index (χ3v) is 5.78. The van der Waals surface area contributed by atoms with Gasteiger partial charge in [-0.1, -0.05) is 24.0 Å². The molecule has 1 aromatic heterocycles. The summed E-state index contributed by atoms with van der Waals surface area (Å²) in [6.07, 6.45) is 3.01. The normalized spacial score (nSPS) is 18.9. The van der Waals surface area contributed by atoms with Crippen LogP contribution in [0.2, 0.25) is 0 Å². The van der Waals surface area contributed by atoms with Crippen LogP contribution < -0.4 is 0 Å². The molecule has 8 nitrogen and oxygen atoms in total. The van der Waals surface area contributed by atoms with E-state index in [1.165, 1.54) is 22.9 Å². The standard InChI is InChI=1S/C18H21N3O5S2/c1-2-25-17(24)20-9-7-19(8-10-20)15(22)5-6-21-16(23)14(28-18(21)27)12-13-4-3-11-26-13/h3-4,11-12H,2,5-10H2,1H3. The van der Waals surface area contributed by atoms with E-state index >= 15 is 0 Å². The lowest BCUT2D eigenvalue weighted by Crippen LogP contribution is -2.51. The molecule has 3 heterocycles. The van der Waals surface area contributed by atoms with Crippen molar-refractivity contribution < 1.29 is 23.5 Å². The Bertz CT molecular complexity index is 785. The third-order valence-electron chi connectivity index (χ3n) is 4.40. The van der Waals surface area contributed by atoms with Crippen LogP contribution in [0.3, 0.4) is 0 Å². The Balaban J connectivity index is 1.49. The molecule has 0 spiro atoms. The van der Waals surface area contributed by atoms with Crippen LogP contribution in [0.5, 0.6) is 0 Å². The van der Waals surface area contributed by atoms with E-state index < -0.39 is 0 Å². The number of hydrogen-bond donors (Lipinski definition) is 0. The first kappa shape index (κ1) is 20.4. The van der Waals surface area contributed by atoms with Crippen molar-refractivity contribution in [2.75, 3.05) is 39.3 Å². The smallest absolute Gasteiger partial charge is 0.409 e. The summed E-state index contributed by atoms with van der Waals surface area (Å²) in [5.74, 6) is 0.301. The topological polar surface area (TPSA) is 83.3 Å². The Hall–Kier alpha value is -2.33. The van der Waals surface area contributed by atoms with E-state index in [9.17, 15) is 14.4 Å². The number of thioether (sulfide) groups is 1. The molecule has 0 unspecified atom stereocenters. The fourth-order valence-corrected chi connectivity index (χ4v) is 4.20. The summed E-state index contributed by atoms with van der Waals surface area (Å²) in [6.45, 7) is 4.11. The number of carbonyl (C=O) groups excluding carboxylic acids is 3. The molecule has 0 saturated carbocycles. The van der Waals surface area contributed by atoms with E-state index in [0.717, 1.165) is 0 Å². The van der Waals surface area contributed by atoms with Crippen molar-refractivity contribution >= 4 is 52.3 Å². The molecule has 3 amide bonds. The summed E-state index contributed by atoms with van der Waals surface area (Å²) < 4.78 is 10.6. The van der Waals surface area contributed by atoms with E-state index in [1.807, 2.05) is 0 Å². The van der Waals surface area contributed by atoms with Crippen molar-refractivity contribution in [3.63, 3.8) is 0 Å². The number of thiocarbonyl (C=S) groups is 1. The fourth-order valence-electron chi connectivity index (χ4n) is 2.91. The van der Waals surface area contributed by atoms with Gasteiger partial charge in [-0.15, -0.1) is 0 Å². The molecule has 2 aliphatic heterocycles. The molecule has 150 valence electrons. The number of piperazine rings is 1. The zero-order valence-corrected chi connectivity index (χ0v) is 17.1. The lowest BCUT2D eigenvalue weighted by molar-refractivity contribution is -0.133. The summed E-state index contributed by atoms with van der Waals surface area (Å²) in [6, 6.07) is 3.50. The largest absolute Gasteiger partial charge is 0.465 e. The number of amides is 3. The molecule has 0 bridgehead atoms. The van der Waals surface area contributed by atoms with Crippen LogP contribution in [0.4, 0.5) is 4.79 Å². The van der Waals surface area contributed by atoms with Crippen LogP contribution in [-0.2, 0) is 14.3 Å². The van der Waals surface area contributed by atoms with Gasteiger partial charge in [0.1, 0.15) is 10.1 Å². The Kier molecular flexibility index (Phi) is 6.74. The van der Waals surface area contributed by atoms with Gasteiger partial charge in [0.15, 0.2) is 0 Å². The zero-order chi connectivity index (χ0) is 20.1. The highest BCUT2D eigenvalue weighted by molar-refractivity contribution is 8.26. The van der Waals surface area contributed by atoms with E-state index in [4.69, 9.17) is 21.4 Å². The molecule has 3 rings (SSSR count). The van der Waals surface area contributed by atoms with Crippen LogP contribution in [0, 0.1) is 0 Å². The Morgan fingerprint density at radius 2 is 2.00 bits per heavy atom. The minimum Gasteiger partial charge on any atom is -0.465 e. The average molecular weight is 424 g/mol. The van der Waals surface area contributed by atoms with Crippen molar-refractivity contribution in [3.05, 3.63) is 29.1 Å². The summed E-state index contributed by atoms with van der Waals surface area (Å²) in [7, 11) is 0. The first-order valence-corrected chi connectivity index (χ1v) is 10.2. The maximum absolute atomic E-state index is 12.5. The number of rotatable bonds is 5. The molecular formula is C18H21N3O5S2. The monoisotopic (exact) mass is 423 g/mol. The van der Waals surface area contributed by atoms with Gasteiger partial charge in [-0.05, 0) is 19.1 Å². The summed E-state index contributed by atoms with van der Waals surface area (Å²) >= 11 is 6.48. The minimum atomic E-state index is -0.351. The second-order valence-corrected chi connectivity index (χ2v) is 7.84. The van der Waals surface area contributed by atoms with Crippen molar-refractivity contribution in [1.29, 1.82) is 0 Å². The van der Waals surface area contributed by atoms with Gasteiger partial charge in [0, 0.05) is 45.2 Å². The molecule has 0 aromatic carbocycles. The van der Waals surface area contributed by atoms with Crippen molar-refractivity contribution in [1.82, 2.24) is 14.7 Å². The summed E-state index contributed by atoms with van der Waals surface area (Å²) in [4.78, 5) is 42.0. The van der Waals surface area contributed by atoms with Gasteiger partial charge in [0.25, 0.3) is 5.91 Å². The van der Waals surface area contributed by atoms with Gasteiger partial charge in [-0.3, -0.25) is 14.5 Å². The van der Waals surface area contributed by atoms with Gasteiger partial charge < -0.3 is 19.0 Å². The van der Waals surface area contributed by atoms with Gasteiger partial charge in [0.05, 0.1) is 17.8 Å². The number of furan rings is 1. The Labute approximate surface area is 172 Å². The Morgan fingerprint density at radius 3 is 2.64 bits per heavy atom. The van der Waals surface area contributed by atoms with E-state index in [0.29, 0.717) is 47.8 Å². The quantitative estimate of drug-likeness (QED) is 0.530. The van der Waals surface area contributed by atoms with E-state index in [2.05, 4.69) is 0 Å². The van der Waals surface area contributed by atoms with Gasteiger partial charge in [-0.25, -0.2) is 4.79 Å². The van der Waals surface area contributed by atoms with Gasteiger partial charge >= 0.3 is 6.09 Å². The SMILES string of the molecule is CCOC(=O)N1CCN(C(=O)CCN2C(=O)C(=Cc3ccco3)SC2=S)CC1. The number of hydrogen-bond acceptors (Lipinski definition) is 7. The Morgan fingerprint density at radius 1 is 1.29 bits per heavy atom. The van der Waals surface area contributed by atoms with E-state index in [1.54, 1.807) is 34.9 Å². The highest BCUT2D eigenvalue weighted by Gasteiger charge is 2.33. The van der Waals surface area contributed by atoms with Gasteiger partial charge in [0.2, 0.25) is 5.91 Å². The van der Waals surface area contributed by atoms with E-state index in [-0.39, 0.29) is 30.9 Å². The maximum Gasteiger partial charge on any atom is 0.409 e. The van der Waals surface area contributed by atoms with Gasteiger partial charge in [-0.2, -0.15) is 0 Å². The van der Waals surface area contributed by atoms with Crippen LogP contribution in [0.15, 0.2) is 27.7 Å². The second-order valence-electron chi connectivity index (χ2n) is 6.17. The molecule has 10 heteroatoms. The summed E-state index contributed by atoms with van der Waals surface area (Å²) in [5.41, 5.74) is 0. The summed E-state index contributed by atoms with van der Waals surface area (Å²) in [5, 5.41) is 0. The number of nitrogens with zero attached hydrogens (tertiary/aromatic N) is 3.